The van der Waals surface area contributed by atoms with Crippen molar-refractivity contribution in [3.05, 3.63) is 99.2 Å². The lowest BCUT2D eigenvalue weighted by molar-refractivity contribution is -0.674. The molecule has 21 heteroatoms. The van der Waals surface area contributed by atoms with Gasteiger partial charge in [0.2, 0.25) is 22.9 Å². The lowest BCUT2D eigenvalue weighted by atomic mass is 9.97. The van der Waals surface area contributed by atoms with Gasteiger partial charge in [0, 0.05) is 54.9 Å². The highest BCUT2D eigenvalue weighted by molar-refractivity contribution is 7.99. The predicted molar refractivity (Wildman–Crippen MR) is 239 cm³/mol. The highest BCUT2D eigenvalue weighted by Crippen LogP contribution is 2.35. The summed E-state index contributed by atoms with van der Waals surface area (Å²) in [5.41, 5.74) is 2.04. The first-order valence-electron chi connectivity index (χ1n) is 21.6. The third kappa shape index (κ3) is 12.3. The van der Waals surface area contributed by atoms with E-state index in [9.17, 15) is 44.1 Å². The number of tetrazole rings is 1. The van der Waals surface area contributed by atoms with Crippen LogP contribution in [-0.2, 0) is 37.6 Å². The molecular formula is C45H51N12O8S+. The standard InChI is InChI=1S/C45H50N12O8S/c1-27(2)40(49-37(58)12-6-5-9-21-56-38(59)19-20-39(56)60)44(63)47-28(3)42(61)48-33-15-13-29(14-16-33)25-55-26-32(30-10-7-8-11-30)22-31(24-46)41(55)50-43(62)35-23-34(57(64)65)17-18-36(35)66-45-51-52-53-54(45)4/h13-20,22-23,26-28,30,40H,5-12,21,25H2,1-4H3,(H3,47,48,49,58,61,63)/p+1/t28-,40-/m0/s1. The largest absolute Gasteiger partial charge is 0.344 e. The molecule has 4 N–H and O–H groups in total. The molecule has 4 aromatic rings. The van der Waals surface area contributed by atoms with E-state index in [4.69, 9.17) is 0 Å². The maximum absolute atomic E-state index is 14.1. The van der Waals surface area contributed by atoms with Crippen LogP contribution in [0, 0.1) is 27.4 Å². The first-order valence-corrected chi connectivity index (χ1v) is 22.4. The number of anilines is 2. The minimum Gasteiger partial charge on any atom is -0.344 e. The Morgan fingerprint density at radius 3 is 2.30 bits per heavy atom. The summed E-state index contributed by atoms with van der Waals surface area (Å²) >= 11 is 1.05. The summed E-state index contributed by atoms with van der Waals surface area (Å²) in [6, 6.07) is 13.0. The molecule has 0 unspecified atom stereocenters. The van der Waals surface area contributed by atoms with Crippen LogP contribution in [-0.4, -0.2) is 84.1 Å². The lowest BCUT2D eigenvalue weighted by Crippen LogP contribution is -2.53. The average molecular weight is 920 g/mol. The number of aromatic nitrogens is 5. The number of aryl methyl sites for hydroxylation is 1. The van der Waals surface area contributed by atoms with Gasteiger partial charge in [-0.05, 0) is 102 Å². The molecule has 344 valence electrons. The van der Waals surface area contributed by atoms with Crippen LogP contribution in [0.25, 0.3) is 0 Å². The Balaban J connectivity index is 1.10. The van der Waals surface area contributed by atoms with E-state index in [1.807, 2.05) is 6.20 Å². The molecule has 2 aliphatic rings. The van der Waals surface area contributed by atoms with Gasteiger partial charge in [-0.15, -0.1) is 5.10 Å². The number of rotatable bonds is 20. The van der Waals surface area contributed by atoms with E-state index in [0.29, 0.717) is 35.0 Å². The number of hydrogen-bond donors (Lipinski definition) is 4. The number of amides is 6. The molecule has 2 atom stereocenters. The second-order valence-electron chi connectivity index (χ2n) is 16.5. The maximum Gasteiger partial charge on any atom is 0.340 e. The van der Waals surface area contributed by atoms with E-state index >= 15 is 0 Å². The summed E-state index contributed by atoms with van der Waals surface area (Å²) in [6.07, 6.45) is 10.2. The van der Waals surface area contributed by atoms with Crippen LogP contribution < -0.4 is 25.8 Å². The van der Waals surface area contributed by atoms with Gasteiger partial charge in [-0.3, -0.25) is 39.0 Å². The number of unbranched alkanes of at least 4 members (excludes halogenated alkanes) is 2. The van der Waals surface area contributed by atoms with Crippen molar-refractivity contribution in [1.82, 2.24) is 35.7 Å². The van der Waals surface area contributed by atoms with Gasteiger partial charge in [0.1, 0.15) is 30.3 Å². The van der Waals surface area contributed by atoms with Gasteiger partial charge in [-0.25, -0.2) is 19.4 Å². The van der Waals surface area contributed by atoms with E-state index in [1.165, 1.54) is 42.0 Å². The molecule has 0 bridgehead atoms. The van der Waals surface area contributed by atoms with Crippen molar-refractivity contribution < 1.29 is 38.3 Å². The molecule has 20 nitrogen and oxygen atoms in total. The number of pyridine rings is 1. The van der Waals surface area contributed by atoms with E-state index in [-0.39, 0.29) is 71.7 Å². The smallest absolute Gasteiger partial charge is 0.340 e. The van der Waals surface area contributed by atoms with Crippen LogP contribution in [0.1, 0.15) is 105 Å². The molecule has 3 heterocycles. The Morgan fingerprint density at radius 1 is 0.955 bits per heavy atom. The minimum absolute atomic E-state index is 0.0165. The fraction of sp³-hybridized carbons (Fsp3) is 0.400. The van der Waals surface area contributed by atoms with Crippen molar-refractivity contribution in [3.63, 3.8) is 0 Å². The summed E-state index contributed by atoms with van der Waals surface area (Å²) in [4.78, 5) is 89.6. The van der Waals surface area contributed by atoms with E-state index in [1.54, 1.807) is 55.8 Å². The van der Waals surface area contributed by atoms with Crippen LogP contribution >= 0.6 is 11.8 Å². The van der Waals surface area contributed by atoms with Crippen molar-refractivity contribution in [2.45, 2.75) is 107 Å². The van der Waals surface area contributed by atoms with E-state index < -0.39 is 34.7 Å². The highest BCUT2D eigenvalue weighted by Gasteiger charge is 2.30. The number of nitro benzene ring substituents is 1. The Morgan fingerprint density at radius 2 is 1.67 bits per heavy atom. The van der Waals surface area contributed by atoms with Gasteiger partial charge in [0.15, 0.2) is 0 Å². The number of carbonyl (C=O) groups is 6. The number of nitrogens with one attached hydrogen (secondary N) is 4. The Labute approximate surface area is 384 Å². The van der Waals surface area contributed by atoms with Crippen molar-refractivity contribution in [1.29, 1.82) is 5.26 Å². The molecule has 66 heavy (non-hydrogen) atoms. The molecule has 0 saturated heterocycles. The monoisotopic (exact) mass is 919 g/mol. The van der Waals surface area contributed by atoms with Crippen molar-refractivity contribution in [3.8, 4) is 6.07 Å². The van der Waals surface area contributed by atoms with Crippen LogP contribution in [0.15, 0.2) is 76.9 Å². The number of nitro groups is 1. The first-order chi connectivity index (χ1) is 31.6. The van der Waals surface area contributed by atoms with Crippen molar-refractivity contribution in [2.75, 3.05) is 17.2 Å². The average Bonchev–Trinajstić information content (AvgIpc) is 4.05. The molecule has 0 spiro atoms. The maximum atomic E-state index is 14.1. The third-order valence-corrected chi connectivity index (χ3v) is 12.4. The van der Waals surface area contributed by atoms with Crippen LogP contribution in [0.5, 0.6) is 0 Å². The SMILES string of the molecule is CC(C)[C@H](NC(=O)CCCCCN1C(=O)C=CC1=O)C(=O)N[C@@H](C)C(=O)Nc1ccc(C[n+]2cc(C3CCCC3)cc(C#N)c2NC(=O)c2cc([N+](=O)[O-])ccc2Sc2nnnn2C)cc1. The van der Waals surface area contributed by atoms with Crippen LogP contribution in [0.2, 0.25) is 0 Å². The molecule has 0 radical (unpaired) electrons. The van der Waals surface area contributed by atoms with E-state index in [2.05, 4.69) is 42.9 Å². The number of non-ortho nitro benzene ring substituents is 1. The summed E-state index contributed by atoms with van der Waals surface area (Å²) in [6.45, 7) is 5.57. The second-order valence-corrected chi connectivity index (χ2v) is 17.5. The van der Waals surface area contributed by atoms with Gasteiger partial charge in [0.05, 0.1) is 16.7 Å². The lowest BCUT2D eigenvalue weighted by Gasteiger charge is -2.24. The van der Waals surface area contributed by atoms with Gasteiger partial charge in [-0.1, -0.05) is 45.2 Å². The van der Waals surface area contributed by atoms with Crippen LogP contribution in [0.3, 0.4) is 0 Å². The normalized spacial score (nSPS) is 14.5. The predicted octanol–water partition coefficient (Wildman–Crippen LogP) is 4.46. The Hall–Kier alpha value is -7.34. The summed E-state index contributed by atoms with van der Waals surface area (Å²) in [5, 5.41) is 45.1. The van der Waals surface area contributed by atoms with Gasteiger partial charge in [-0.2, -0.15) is 5.26 Å². The van der Waals surface area contributed by atoms with Gasteiger partial charge >= 0.3 is 11.7 Å². The molecule has 2 aromatic carbocycles. The fourth-order valence-electron chi connectivity index (χ4n) is 7.66. The molecule has 1 aliphatic carbocycles. The number of nitriles is 1. The number of carbonyl (C=O) groups excluding carboxylic acids is 6. The Kier molecular flexibility index (Phi) is 16.1. The number of imide groups is 1. The second kappa shape index (κ2) is 22.0. The van der Waals surface area contributed by atoms with Crippen molar-refractivity contribution >= 4 is 64.4 Å². The minimum atomic E-state index is -0.965. The molecule has 1 aliphatic heterocycles. The first kappa shape index (κ1) is 48.1. The van der Waals surface area contributed by atoms with E-state index in [0.717, 1.165) is 53.5 Å². The van der Waals surface area contributed by atoms with Crippen LogP contribution in [0.4, 0.5) is 17.2 Å². The molecule has 1 saturated carbocycles. The molecule has 2 aromatic heterocycles. The number of benzene rings is 2. The van der Waals surface area contributed by atoms with Gasteiger partial charge < -0.3 is 16.0 Å². The number of nitrogens with zero attached hydrogens (tertiary/aromatic N) is 8. The molecule has 1 fully saturated rings. The summed E-state index contributed by atoms with van der Waals surface area (Å²) in [5.74, 6) is -2.60. The quantitative estimate of drug-likeness (QED) is 0.0314. The third-order valence-electron chi connectivity index (χ3n) is 11.3. The topological polar surface area (TPSA) is 268 Å². The molecule has 6 rings (SSSR count). The fourth-order valence-corrected chi connectivity index (χ4v) is 8.50. The molecule has 6 amide bonds. The van der Waals surface area contributed by atoms with Crippen molar-refractivity contribution in [2.24, 2.45) is 13.0 Å². The highest BCUT2D eigenvalue weighted by atomic mass is 32.2. The number of hydrogen-bond acceptors (Lipinski definition) is 13. The summed E-state index contributed by atoms with van der Waals surface area (Å²) < 4.78 is 3.17. The zero-order chi connectivity index (χ0) is 47.5. The van der Waals surface area contributed by atoms with Gasteiger partial charge in [0.25, 0.3) is 17.5 Å². The zero-order valence-corrected chi connectivity index (χ0v) is 37.8. The zero-order valence-electron chi connectivity index (χ0n) is 37.0. The Bertz CT molecular complexity index is 2560. The summed E-state index contributed by atoms with van der Waals surface area (Å²) in [7, 11) is 1.62. The molecular weight excluding hydrogens is 869 g/mol.